The van der Waals surface area contributed by atoms with Crippen LogP contribution in [-0.4, -0.2) is 47.0 Å². The lowest BCUT2D eigenvalue weighted by molar-refractivity contribution is 0.0713. The number of morpholine rings is 1. The first-order chi connectivity index (χ1) is 8.16. The molecule has 0 radical (unpaired) electrons. The van der Waals surface area contributed by atoms with Crippen molar-refractivity contribution < 1.29 is 9.84 Å². The van der Waals surface area contributed by atoms with Crippen molar-refractivity contribution in [1.29, 1.82) is 0 Å². The van der Waals surface area contributed by atoms with Gasteiger partial charge in [0.1, 0.15) is 0 Å². The minimum absolute atomic E-state index is 0.143. The third-order valence-corrected chi connectivity index (χ3v) is 3.11. The molecule has 17 heavy (non-hydrogen) atoms. The van der Waals surface area contributed by atoms with Gasteiger partial charge in [-0.3, -0.25) is 0 Å². The summed E-state index contributed by atoms with van der Waals surface area (Å²) in [7, 11) is 0. The van der Waals surface area contributed by atoms with E-state index in [1.54, 1.807) is 19.3 Å². The van der Waals surface area contributed by atoms with Crippen LogP contribution in [-0.2, 0) is 4.74 Å². The van der Waals surface area contributed by atoms with Crippen molar-refractivity contribution in [3.63, 3.8) is 0 Å². The monoisotopic (exact) mass is 301 g/mol. The normalized spacial score (nSPS) is 22.5. The minimum Gasteiger partial charge on any atom is -0.393 e. The van der Waals surface area contributed by atoms with Gasteiger partial charge in [-0.2, -0.15) is 0 Å². The third-order valence-electron chi connectivity index (χ3n) is 2.70. The van der Waals surface area contributed by atoms with Crippen LogP contribution >= 0.6 is 15.9 Å². The van der Waals surface area contributed by atoms with Gasteiger partial charge < -0.3 is 14.7 Å². The van der Waals surface area contributed by atoms with E-state index in [9.17, 15) is 5.11 Å². The molecule has 2 atom stereocenters. The van der Waals surface area contributed by atoms with Crippen LogP contribution in [0.4, 0.5) is 5.95 Å². The third kappa shape index (κ3) is 3.37. The van der Waals surface area contributed by atoms with Crippen LogP contribution in [0, 0.1) is 0 Å². The summed E-state index contributed by atoms with van der Waals surface area (Å²) < 4.78 is 6.30. The highest BCUT2D eigenvalue weighted by molar-refractivity contribution is 9.10. The number of rotatable bonds is 3. The molecule has 0 saturated carbocycles. The Balaban J connectivity index is 2.12. The molecule has 1 aromatic heterocycles. The Morgan fingerprint density at radius 2 is 2.29 bits per heavy atom. The van der Waals surface area contributed by atoms with Gasteiger partial charge in [-0.05, 0) is 29.3 Å². The van der Waals surface area contributed by atoms with E-state index in [1.807, 2.05) is 0 Å². The first-order valence-corrected chi connectivity index (χ1v) is 6.46. The number of hydrogen-bond acceptors (Lipinski definition) is 5. The SMILES string of the molecule is CC(O)CC1COCCN1c1ncc(Br)cn1. The van der Waals surface area contributed by atoms with Crippen molar-refractivity contribution in [2.45, 2.75) is 25.5 Å². The summed E-state index contributed by atoms with van der Waals surface area (Å²) in [4.78, 5) is 10.7. The predicted molar refractivity (Wildman–Crippen MR) is 68.0 cm³/mol. The van der Waals surface area contributed by atoms with E-state index < -0.39 is 0 Å². The summed E-state index contributed by atoms with van der Waals surface area (Å²) in [5.74, 6) is 0.696. The van der Waals surface area contributed by atoms with Crippen LogP contribution in [0.15, 0.2) is 16.9 Å². The molecule has 0 aliphatic carbocycles. The molecule has 1 fully saturated rings. The van der Waals surface area contributed by atoms with Crippen LogP contribution in [0.25, 0.3) is 0 Å². The number of anilines is 1. The van der Waals surface area contributed by atoms with E-state index in [4.69, 9.17) is 4.74 Å². The molecule has 5 nitrogen and oxygen atoms in total. The molecule has 94 valence electrons. The van der Waals surface area contributed by atoms with Crippen molar-refractivity contribution in [2.24, 2.45) is 0 Å². The largest absolute Gasteiger partial charge is 0.393 e. The molecule has 0 amide bonds. The average Bonchev–Trinajstić information content (AvgIpc) is 2.30. The van der Waals surface area contributed by atoms with E-state index in [-0.39, 0.29) is 12.1 Å². The maximum absolute atomic E-state index is 9.48. The minimum atomic E-state index is -0.348. The average molecular weight is 302 g/mol. The van der Waals surface area contributed by atoms with Crippen molar-refractivity contribution >= 4 is 21.9 Å². The Kier molecular flexibility index (Phi) is 4.31. The summed E-state index contributed by atoms with van der Waals surface area (Å²) in [6.07, 6.45) is 3.79. The van der Waals surface area contributed by atoms with Crippen LogP contribution in [0.2, 0.25) is 0 Å². The number of aliphatic hydroxyl groups is 1. The van der Waals surface area contributed by atoms with Crippen LogP contribution in [0.1, 0.15) is 13.3 Å². The second-order valence-electron chi connectivity index (χ2n) is 4.21. The molecule has 2 rings (SSSR count). The molecule has 2 heterocycles. The van der Waals surface area contributed by atoms with Gasteiger partial charge >= 0.3 is 0 Å². The van der Waals surface area contributed by atoms with Gasteiger partial charge in [0.15, 0.2) is 0 Å². The highest BCUT2D eigenvalue weighted by Gasteiger charge is 2.26. The summed E-state index contributed by atoms with van der Waals surface area (Å²) in [6, 6.07) is 0.143. The zero-order chi connectivity index (χ0) is 12.3. The fourth-order valence-corrected chi connectivity index (χ4v) is 2.17. The highest BCUT2D eigenvalue weighted by atomic mass is 79.9. The van der Waals surface area contributed by atoms with Crippen LogP contribution in [0.3, 0.4) is 0 Å². The molecule has 2 unspecified atom stereocenters. The van der Waals surface area contributed by atoms with E-state index in [2.05, 4.69) is 30.8 Å². The molecular weight excluding hydrogens is 286 g/mol. The molecule has 0 spiro atoms. The molecule has 1 saturated heterocycles. The highest BCUT2D eigenvalue weighted by Crippen LogP contribution is 2.19. The van der Waals surface area contributed by atoms with E-state index in [0.29, 0.717) is 25.6 Å². The van der Waals surface area contributed by atoms with Gasteiger partial charge in [-0.25, -0.2) is 9.97 Å². The van der Waals surface area contributed by atoms with Gasteiger partial charge in [0.2, 0.25) is 5.95 Å². The Bertz CT molecular complexity index is 358. The van der Waals surface area contributed by atoms with E-state index in [0.717, 1.165) is 11.0 Å². The fourth-order valence-electron chi connectivity index (χ4n) is 1.96. The Morgan fingerprint density at radius 3 is 2.94 bits per heavy atom. The zero-order valence-corrected chi connectivity index (χ0v) is 11.3. The van der Waals surface area contributed by atoms with Crippen molar-refractivity contribution in [2.75, 3.05) is 24.7 Å². The summed E-state index contributed by atoms with van der Waals surface area (Å²) >= 11 is 3.32. The molecule has 1 aliphatic heterocycles. The second kappa shape index (κ2) is 5.75. The van der Waals surface area contributed by atoms with Crippen molar-refractivity contribution in [3.05, 3.63) is 16.9 Å². The summed E-state index contributed by atoms with van der Waals surface area (Å²) in [5.41, 5.74) is 0. The number of nitrogens with zero attached hydrogens (tertiary/aromatic N) is 3. The molecule has 1 aromatic rings. The number of aliphatic hydroxyl groups excluding tert-OH is 1. The van der Waals surface area contributed by atoms with Gasteiger partial charge in [-0.1, -0.05) is 0 Å². The maximum Gasteiger partial charge on any atom is 0.225 e. The van der Waals surface area contributed by atoms with Crippen LogP contribution in [0.5, 0.6) is 0 Å². The van der Waals surface area contributed by atoms with E-state index >= 15 is 0 Å². The maximum atomic E-state index is 9.48. The number of ether oxygens (including phenoxy) is 1. The molecule has 1 N–H and O–H groups in total. The molecular formula is C11H16BrN3O2. The van der Waals surface area contributed by atoms with Crippen molar-refractivity contribution in [1.82, 2.24) is 9.97 Å². The fraction of sp³-hybridized carbons (Fsp3) is 0.636. The lowest BCUT2D eigenvalue weighted by atomic mass is 10.1. The second-order valence-corrected chi connectivity index (χ2v) is 5.12. The lowest BCUT2D eigenvalue weighted by Gasteiger charge is -2.36. The number of aromatic nitrogens is 2. The predicted octanol–water partition coefficient (Wildman–Crippen LogP) is 1.22. The van der Waals surface area contributed by atoms with Crippen LogP contribution < -0.4 is 4.90 Å². The first-order valence-electron chi connectivity index (χ1n) is 5.67. The number of halogens is 1. The molecule has 0 aromatic carbocycles. The Morgan fingerprint density at radius 1 is 1.59 bits per heavy atom. The lowest BCUT2D eigenvalue weighted by Crippen LogP contribution is -2.47. The summed E-state index contributed by atoms with van der Waals surface area (Å²) in [5, 5.41) is 9.48. The summed E-state index contributed by atoms with van der Waals surface area (Å²) in [6.45, 7) is 3.84. The quantitative estimate of drug-likeness (QED) is 0.909. The van der Waals surface area contributed by atoms with Gasteiger partial charge in [0.25, 0.3) is 0 Å². The van der Waals surface area contributed by atoms with Gasteiger partial charge in [-0.15, -0.1) is 0 Å². The topological polar surface area (TPSA) is 58.5 Å². The molecule has 0 bridgehead atoms. The zero-order valence-electron chi connectivity index (χ0n) is 9.71. The number of hydrogen-bond donors (Lipinski definition) is 1. The first kappa shape index (κ1) is 12.7. The smallest absolute Gasteiger partial charge is 0.225 e. The molecule has 1 aliphatic rings. The standard InChI is InChI=1S/C11H16BrN3O2/c1-8(16)4-10-7-17-3-2-15(10)11-13-5-9(12)6-14-11/h5-6,8,10,16H,2-4,7H2,1H3. The van der Waals surface area contributed by atoms with Gasteiger partial charge in [0.05, 0.1) is 29.8 Å². The Labute approximate surface area is 109 Å². The van der Waals surface area contributed by atoms with Crippen molar-refractivity contribution in [3.8, 4) is 0 Å². The van der Waals surface area contributed by atoms with Gasteiger partial charge in [0, 0.05) is 18.9 Å². The molecule has 6 heteroatoms. The van der Waals surface area contributed by atoms with E-state index in [1.165, 1.54) is 0 Å². The Hall–Kier alpha value is -0.720.